The Balaban J connectivity index is 1.66. The molecule has 1 rings (SSSR count). The lowest BCUT2D eigenvalue weighted by molar-refractivity contribution is 0.113. The maximum atomic E-state index is 5.66. The van der Waals surface area contributed by atoms with Crippen molar-refractivity contribution in [2.75, 3.05) is 13.2 Å². The van der Waals surface area contributed by atoms with Gasteiger partial charge in [-0.1, -0.05) is 77.6 Å². The molecule has 2 nitrogen and oxygen atoms in total. The second kappa shape index (κ2) is 11.5. The van der Waals surface area contributed by atoms with Gasteiger partial charge in [0.05, 0.1) is 12.2 Å². The summed E-state index contributed by atoms with van der Waals surface area (Å²) < 4.78 is 11.2. The van der Waals surface area contributed by atoms with Crippen LogP contribution >= 0.6 is 0 Å². The van der Waals surface area contributed by atoms with Crippen molar-refractivity contribution in [3.63, 3.8) is 0 Å². The molecule has 1 aliphatic heterocycles. The Hall–Kier alpha value is -0.0800. The summed E-state index contributed by atoms with van der Waals surface area (Å²) in [7, 11) is 0. The number of hydrogen-bond acceptors (Lipinski definition) is 2. The van der Waals surface area contributed by atoms with Crippen LogP contribution in [0.5, 0.6) is 0 Å². The van der Waals surface area contributed by atoms with Crippen molar-refractivity contribution in [2.24, 2.45) is 0 Å². The molecule has 1 fully saturated rings. The van der Waals surface area contributed by atoms with Gasteiger partial charge in [0.2, 0.25) is 0 Å². The fraction of sp³-hybridized carbons (Fsp3) is 1.00. The SMILES string of the molecule is CCCCCCCCCCCCCCOCC1OC1(C)C. The van der Waals surface area contributed by atoms with E-state index in [-0.39, 0.29) is 5.60 Å². The molecule has 0 radical (unpaired) electrons. The molecule has 0 saturated carbocycles. The van der Waals surface area contributed by atoms with E-state index in [1.54, 1.807) is 0 Å². The molecule has 0 spiro atoms. The molecular weight excluding hydrogens is 260 g/mol. The van der Waals surface area contributed by atoms with Crippen molar-refractivity contribution >= 4 is 0 Å². The van der Waals surface area contributed by atoms with Crippen molar-refractivity contribution < 1.29 is 9.47 Å². The molecule has 0 bridgehead atoms. The van der Waals surface area contributed by atoms with Crippen LogP contribution in [0.2, 0.25) is 0 Å². The number of hydrogen-bond donors (Lipinski definition) is 0. The lowest BCUT2D eigenvalue weighted by atomic mass is 10.1. The number of rotatable bonds is 15. The van der Waals surface area contributed by atoms with Gasteiger partial charge in [-0.05, 0) is 20.3 Å². The van der Waals surface area contributed by atoms with Gasteiger partial charge in [0, 0.05) is 6.61 Å². The van der Waals surface area contributed by atoms with Gasteiger partial charge in [-0.25, -0.2) is 0 Å². The van der Waals surface area contributed by atoms with Gasteiger partial charge in [0.25, 0.3) is 0 Å². The first kappa shape index (κ1) is 19.0. The summed E-state index contributed by atoms with van der Waals surface area (Å²) in [4.78, 5) is 0. The van der Waals surface area contributed by atoms with E-state index in [0.717, 1.165) is 13.2 Å². The molecule has 1 atom stereocenters. The summed E-state index contributed by atoms with van der Waals surface area (Å²) >= 11 is 0. The number of ether oxygens (including phenoxy) is 2. The quantitative estimate of drug-likeness (QED) is 0.278. The molecule has 2 heteroatoms. The topological polar surface area (TPSA) is 21.8 Å². The maximum Gasteiger partial charge on any atom is 0.110 e. The minimum atomic E-state index is 0.0799. The molecule has 1 heterocycles. The summed E-state index contributed by atoms with van der Waals surface area (Å²) in [5.41, 5.74) is 0.0799. The fourth-order valence-corrected chi connectivity index (χ4v) is 2.80. The first-order valence-corrected chi connectivity index (χ1v) is 9.42. The third kappa shape index (κ3) is 10.3. The van der Waals surface area contributed by atoms with E-state index in [1.165, 1.54) is 77.0 Å². The normalized spacial score (nSPS) is 19.9. The van der Waals surface area contributed by atoms with Crippen molar-refractivity contribution in [3.8, 4) is 0 Å². The zero-order valence-electron chi connectivity index (χ0n) is 14.8. The summed E-state index contributed by atoms with van der Waals surface area (Å²) in [6.07, 6.45) is 17.1. The molecule has 1 aliphatic rings. The Kier molecular flexibility index (Phi) is 10.4. The van der Waals surface area contributed by atoms with E-state index in [0.29, 0.717) is 6.10 Å². The third-order valence-corrected chi connectivity index (χ3v) is 4.58. The van der Waals surface area contributed by atoms with Crippen LogP contribution < -0.4 is 0 Å². The van der Waals surface area contributed by atoms with Gasteiger partial charge < -0.3 is 9.47 Å². The molecule has 1 unspecified atom stereocenters. The molecule has 0 aliphatic carbocycles. The Labute approximate surface area is 133 Å². The second-order valence-electron chi connectivity index (χ2n) is 7.17. The van der Waals surface area contributed by atoms with E-state index in [4.69, 9.17) is 9.47 Å². The van der Waals surface area contributed by atoms with Crippen molar-refractivity contribution in [2.45, 2.75) is 110 Å². The monoisotopic (exact) mass is 298 g/mol. The Bertz CT molecular complexity index is 238. The van der Waals surface area contributed by atoms with E-state index in [2.05, 4.69) is 20.8 Å². The van der Waals surface area contributed by atoms with Crippen molar-refractivity contribution in [1.82, 2.24) is 0 Å². The Morgan fingerprint density at radius 1 is 0.762 bits per heavy atom. The lowest BCUT2D eigenvalue weighted by Gasteiger charge is -2.04. The van der Waals surface area contributed by atoms with E-state index < -0.39 is 0 Å². The highest BCUT2D eigenvalue weighted by molar-refractivity contribution is 4.94. The van der Waals surface area contributed by atoms with Gasteiger partial charge in [-0.3, -0.25) is 0 Å². The average molecular weight is 299 g/mol. The highest BCUT2D eigenvalue weighted by atomic mass is 16.6. The van der Waals surface area contributed by atoms with Crippen LogP contribution in [0.3, 0.4) is 0 Å². The number of unbranched alkanes of at least 4 members (excludes halogenated alkanes) is 11. The van der Waals surface area contributed by atoms with E-state index >= 15 is 0 Å². The summed E-state index contributed by atoms with van der Waals surface area (Å²) in [5.74, 6) is 0. The molecule has 0 aromatic rings. The van der Waals surface area contributed by atoms with Crippen LogP contribution in [0.25, 0.3) is 0 Å². The van der Waals surface area contributed by atoms with Crippen LogP contribution in [0, 0.1) is 0 Å². The Morgan fingerprint density at radius 2 is 1.19 bits per heavy atom. The summed E-state index contributed by atoms with van der Waals surface area (Å²) in [5, 5.41) is 0. The van der Waals surface area contributed by atoms with Gasteiger partial charge in [-0.2, -0.15) is 0 Å². The first-order chi connectivity index (χ1) is 10.2. The Morgan fingerprint density at radius 3 is 1.62 bits per heavy atom. The third-order valence-electron chi connectivity index (χ3n) is 4.58. The second-order valence-corrected chi connectivity index (χ2v) is 7.17. The van der Waals surface area contributed by atoms with Crippen LogP contribution in [0.4, 0.5) is 0 Å². The van der Waals surface area contributed by atoms with Gasteiger partial charge in [-0.15, -0.1) is 0 Å². The molecule has 0 aromatic carbocycles. The van der Waals surface area contributed by atoms with E-state index in [9.17, 15) is 0 Å². The highest BCUT2D eigenvalue weighted by Crippen LogP contribution is 2.35. The van der Waals surface area contributed by atoms with Crippen LogP contribution in [0.15, 0.2) is 0 Å². The molecule has 0 amide bonds. The predicted octanol–water partition coefficient (Wildman–Crippen LogP) is 5.88. The average Bonchev–Trinajstić information content (AvgIpc) is 3.06. The smallest absolute Gasteiger partial charge is 0.110 e. The predicted molar refractivity (Wildman–Crippen MR) is 90.8 cm³/mol. The molecular formula is C19H38O2. The first-order valence-electron chi connectivity index (χ1n) is 9.42. The molecule has 0 aromatic heterocycles. The van der Waals surface area contributed by atoms with Gasteiger partial charge >= 0.3 is 0 Å². The summed E-state index contributed by atoms with van der Waals surface area (Å²) in [6, 6.07) is 0. The van der Waals surface area contributed by atoms with Crippen LogP contribution in [-0.4, -0.2) is 24.9 Å². The van der Waals surface area contributed by atoms with Gasteiger partial charge in [0.15, 0.2) is 0 Å². The maximum absolute atomic E-state index is 5.66. The minimum Gasteiger partial charge on any atom is -0.379 e. The van der Waals surface area contributed by atoms with Crippen LogP contribution in [-0.2, 0) is 9.47 Å². The zero-order chi connectivity index (χ0) is 15.4. The summed E-state index contributed by atoms with van der Waals surface area (Å²) in [6.45, 7) is 8.24. The van der Waals surface area contributed by atoms with E-state index in [1.807, 2.05) is 0 Å². The largest absolute Gasteiger partial charge is 0.379 e. The van der Waals surface area contributed by atoms with Crippen molar-refractivity contribution in [3.05, 3.63) is 0 Å². The standard InChI is InChI=1S/C19H38O2/c1-4-5-6-7-8-9-10-11-12-13-14-15-16-20-17-18-19(2,3)21-18/h18H,4-17H2,1-3H3. The lowest BCUT2D eigenvalue weighted by Crippen LogP contribution is -2.10. The van der Waals surface area contributed by atoms with Gasteiger partial charge in [0.1, 0.15) is 6.10 Å². The number of epoxide rings is 1. The molecule has 1 saturated heterocycles. The molecule has 21 heavy (non-hydrogen) atoms. The van der Waals surface area contributed by atoms with Crippen molar-refractivity contribution in [1.29, 1.82) is 0 Å². The fourth-order valence-electron chi connectivity index (χ4n) is 2.80. The highest BCUT2D eigenvalue weighted by Gasteiger charge is 2.47. The molecule has 0 N–H and O–H groups in total. The minimum absolute atomic E-state index is 0.0799. The molecule has 126 valence electrons. The van der Waals surface area contributed by atoms with Crippen LogP contribution in [0.1, 0.15) is 97.8 Å². The zero-order valence-corrected chi connectivity index (χ0v) is 14.8.